The second-order valence-corrected chi connectivity index (χ2v) is 6.61. The van der Waals surface area contributed by atoms with Crippen molar-refractivity contribution in [2.75, 3.05) is 32.7 Å². The summed E-state index contributed by atoms with van der Waals surface area (Å²) in [5, 5.41) is 0. The second kappa shape index (κ2) is 5.10. The molecule has 4 aliphatic heterocycles. The summed E-state index contributed by atoms with van der Waals surface area (Å²) in [6.07, 6.45) is 8.25. The van der Waals surface area contributed by atoms with Crippen molar-refractivity contribution in [1.29, 1.82) is 0 Å². The van der Waals surface area contributed by atoms with E-state index in [0.29, 0.717) is 5.54 Å². The van der Waals surface area contributed by atoms with Crippen molar-refractivity contribution in [1.82, 2.24) is 9.80 Å². The van der Waals surface area contributed by atoms with Crippen LogP contribution >= 0.6 is 0 Å². The molecule has 2 atom stereocenters. The van der Waals surface area contributed by atoms with E-state index in [2.05, 4.69) is 16.7 Å². The van der Waals surface area contributed by atoms with Crippen LogP contribution in [0.3, 0.4) is 0 Å². The molecule has 0 saturated carbocycles. The average Bonchev–Trinajstić information content (AvgIpc) is 2.48. The molecule has 4 saturated heterocycles. The molecule has 3 nitrogen and oxygen atoms in total. The van der Waals surface area contributed by atoms with Crippen LogP contribution in [0.2, 0.25) is 0 Å². The molecule has 2 N–H and O–H groups in total. The highest BCUT2D eigenvalue weighted by Gasteiger charge is 2.51. The van der Waals surface area contributed by atoms with E-state index in [-0.39, 0.29) is 0 Å². The molecule has 3 heteroatoms. The number of nitrogens with zero attached hydrogens (tertiary/aromatic N) is 2. The lowest BCUT2D eigenvalue weighted by molar-refractivity contribution is -0.0954. The average molecular weight is 251 g/mol. The van der Waals surface area contributed by atoms with Gasteiger partial charge in [-0.25, -0.2) is 0 Å². The largest absolute Gasteiger partial charge is 0.329 e. The number of fused-ring (bicyclic) bond motifs is 3. The van der Waals surface area contributed by atoms with Crippen molar-refractivity contribution in [3.63, 3.8) is 0 Å². The van der Waals surface area contributed by atoms with Gasteiger partial charge in [-0.05, 0) is 57.7 Å². The highest BCUT2D eigenvalue weighted by atomic mass is 15.3. The lowest BCUT2D eigenvalue weighted by atomic mass is 9.70. The zero-order chi connectivity index (χ0) is 12.6. The molecule has 0 aromatic carbocycles. The van der Waals surface area contributed by atoms with E-state index in [1.807, 2.05) is 0 Å². The molecule has 18 heavy (non-hydrogen) atoms. The smallest absolute Gasteiger partial charge is 0.0490 e. The number of hydrogen-bond donors (Lipinski definition) is 1. The molecule has 2 unspecified atom stereocenters. The van der Waals surface area contributed by atoms with Crippen molar-refractivity contribution in [3.8, 4) is 0 Å². The standard InChI is InChI=1S/C15H29N3/c1-2-14-5-3-4-8-18(14)15(11-16)12-17-9-6-13(15)7-10-17/h13-14H,2-12,16H2,1H3. The lowest BCUT2D eigenvalue weighted by Crippen LogP contribution is -2.72. The van der Waals surface area contributed by atoms with Crippen LogP contribution in [0.15, 0.2) is 0 Å². The van der Waals surface area contributed by atoms with Gasteiger partial charge in [-0.1, -0.05) is 13.3 Å². The molecule has 4 rings (SSSR count). The molecule has 4 aliphatic rings. The summed E-state index contributed by atoms with van der Waals surface area (Å²) >= 11 is 0. The van der Waals surface area contributed by atoms with E-state index in [0.717, 1.165) is 18.5 Å². The first-order valence-electron chi connectivity index (χ1n) is 7.99. The topological polar surface area (TPSA) is 32.5 Å². The highest BCUT2D eigenvalue weighted by molar-refractivity contribution is 5.08. The van der Waals surface area contributed by atoms with Gasteiger partial charge < -0.3 is 10.6 Å². The molecule has 4 fully saturated rings. The van der Waals surface area contributed by atoms with Crippen molar-refractivity contribution in [2.45, 2.75) is 57.0 Å². The molecular formula is C15H29N3. The Morgan fingerprint density at radius 1 is 1.11 bits per heavy atom. The van der Waals surface area contributed by atoms with Crippen LogP contribution in [-0.2, 0) is 0 Å². The molecule has 0 radical (unpaired) electrons. The van der Waals surface area contributed by atoms with Gasteiger partial charge in [0, 0.05) is 24.7 Å². The first kappa shape index (κ1) is 12.9. The van der Waals surface area contributed by atoms with Gasteiger partial charge >= 0.3 is 0 Å². The highest BCUT2D eigenvalue weighted by Crippen LogP contribution is 2.42. The van der Waals surface area contributed by atoms with Crippen molar-refractivity contribution >= 4 is 0 Å². The maximum atomic E-state index is 6.30. The van der Waals surface area contributed by atoms with Crippen LogP contribution in [0, 0.1) is 5.92 Å². The molecule has 4 heterocycles. The Balaban J connectivity index is 1.85. The molecule has 0 aromatic rings. The summed E-state index contributed by atoms with van der Waals surface area (Å²) in [5.74, 6) is 0.861. The fourth-order valence-electron chi connectivity index (χ4n) is 4.83. The maximum Gasteiger partial charge on any atom is 0.0490 e. The minimum atomic E-state index is 0.317. The number of hydrogen-bond acceptors (Lipinski definition) is 3. The summed E-state index contributed by atoms with van der Waals surface area (Å²) < 4.78 is 0. The Hall–Kier alpha value is -0.120. The zero-order valence-electron chi connectivity index (χ0n) is 11.9. The molecule has 0 spiro atoms. The van der Waals surface area contributed by atoms with Crippen molar-refractivity contribution in [2.24, 2.45) is 11.7 Å². The minimum Gasteiger partial charge on any atom is -0.329 e. The van der Waals surface area contributed by atoms with E-state index in [4.69, 9.17) is 5.73 Å². The predicted octanol–water partition coefficient (Wildman–Crippen LogP) is 1.67. The molecule has 0 aliphatic carbocycles. The number of likely N-dealkylation sites (tertiary alicyclic amines) is 1. The van der Waals surface area contributed by atoms with E-state index in [1.54, 1.807) is 0 Å². The van der Waals surface area contributed by atoms with Crippen LogP contribution in [0.4, 0.5) is 0 Å². The number of nitrogens with two attached hydrogens (primary N) is 1. The Morgan fingerprint density at radius 3 is 2.44 bits per heavy atom. The molecule has 0 aromatic heterocycles. The summed E-state index contributed by atoms with van der Waals surface area (Å²) in [7, 11) is 0. The Bertz CT molecular complexity index is 285. The third kappa shape index (κ3) is 1.91. The third-order valence-electron chi connectivity index (χ3n) is 5.87. The molecule has 2 bridgehead atoms. The van der Waals surface area contributed by atoms with Gasteiger partial charge in [-0.3, -0.25) is 4.90 Å². The van der Waals surface area contributed by atoms with Crippen LogP contribution in [0.5, 0.6) is 0 Å². The van der Waals surface area contributed by atoms with E-state index in [1.165, 1.54) is 64.7 Å². The quantitative estimate of drug-likeness (QED) is 0.828. The van der Waals surface area contributed by atoms with E-state index >= 15 is 0 Å². The monoisotopic (exact) mass is 251 g/mol. The normalized spacial score (nSPS) is 45.3. The van der Waals surface area contributed by atoms with Gasteiger partial charge in [0.25, 0.3) is 0 Å². The fourth-order valence-corrected chi connectivity index (χ4v) is 4.83. The third-order valence-corrected chi connectivity index (χ3v) is 5.87. The summed E-state index contributed by atoms with van der Waals surface area (Å²) in [6.45, 7) is 8.39. The van der Waals surface area contributed by atoms with Gasteiger partial charge in [-0.2, -0.15) is 0 Å². The fraction of sp³-hybridized carbons (Fsp3) is 1.00. The SMILES string of the molecule is CCC1CCCCN1C1(CN)CN2CCC1CC2. The van der Waals surface area contributed by atoms with Gasteiger partial charge in [-0.15, -0.1) is 0 Å². The van der Waals surface area contributed by atoms with Crippen LogP contribution in [0.25, 0.3) is 0 Å². The van der Waals surface area contributed by atoms with Gasteiger partial charge in [0.05, 0.1) is 0 Å². The minimum absolute atomic E-state index is 0.317. The Morgan fingerprint density at radius 2 is 1.89 bits per heavy atom. The molecular weight excluding hydrogens is 222 g/mol. The summed E-state index contributed by atoms with van der Waals surface area (Å²) in [6, 6.07) is 0.794. The van der Waals surface area contributed by atoms with Crippen molar-refractivity contribution in [3.05, 3.63) is 0 Å². The number of piperidine rings is 4. The molecule has 104 valence electrons. The Kier molecular flexibility index (Phi) is 3.65. The zero-order valence-corrected chi connectivity index (χ0v) is 11.9. The molecule has 0 amide bonds. The van der Waals surface area contributed by atoms with Crippen LogP contribution in [-0.4, -0.2) is 54.1 Å². The van der Waals surface area contributed by atoms with E-state index in [9.17, 15) is 0 Å². The van der Waals surface area contributed by atoms with Gasteiger partial charge in [0.15, 0.2) is 0 Å². The lowest BCUT2D eigenvalue weighted by Gasteiger charge is -2.60. The first-order chi connectivity index (χ1) is 8.80. The van der Waals surface area contributed by atoms with Gasteiger partial charge in [0.2, 0.25) is 0 Å². The van der Waals surface area contributed by atoms with E-state index < -0.39 is 0 Å². The first-order valence-corrected chi connectivity index (χ1v) is 7.99. The maximum absolute atomic E-state index is 6.30. The second-order valence-electron chi connectivity index (χ2n) is 6.61. The summed E-state index contributed by atoms with van der Waals surface area (Å²) in [4.78, 5) is 5.50. The summed E-state index contributed by atoms with van der Waals surface area (Å²) in [5.41, 5.74) is 6.62. The van der Waals surface area contributed by atoms with Gasteiger partial charge in [0.1, 0.15) is 0 Å². The predicted molar refractivity (Wildman–Crippen MR) is 75.6 cm³/mol. The van der Waals surface area contributed by atoms with Crippen LogP contribution < -0.4 is 5.73 Å². The van der Waals surface area contributed by atoms with Crippen LogP contribution in [0.1, 0.15) is 45.4 Å². The Labute approximate surface area is 112 Å². The van der Waals surface area contributed by atoms with Crippen molar-refractivity contribution < 1.29 is 0 Å². The number of rotatable bonds is 3.